The number of rotatable bonds is 2. The quantitative estimate of drug-likeness (QED) is 0.763. The van der Waals surface area contributed by atoms with Gasteiger partial charge in [-0.05, 0) is 36.8 Å². The number of nitrogens with one attached hydrogen (secondary N) is 2. The van der Waals surface area contributed by atoms with Gasteiger partial charge in [-0.3, -0.25) is 9.59 Å². The van der Waals surface area contributed by atoms with E-state index < -0.39 is 5.91 Å². The molecule has 0 saturated carbocycles. The van der Waals surface area contributed by atoms with E-state index in [2.05, 4.69) is 15.5 Å². The summed E-state index contributed by atoms with van der Waals surface area (Å²) in [6.07, 6.45) is 0. The number of halogens is 1. The number of anilines is 1. The summed E-state index contributed by atoms with van der Waals surface area (Å²) in [7, 11) is 0. The number of aryl methyl sites for hydroxylation is 1. The number of fused-ring (bicyclic) bond motifs is 1. The molecule has 3 aromatic rings. The van der Waals surface area contributed by atoms with Crippen LogP contribution in [0.25, 0.3) is 10.8 Å². The predicted molar refractivity (Wildman–Crippen MR) is 81.5 cm³/mol. The number of benzene rings is 2. The maximum Gasteiger partial charge on any atom is 0.276 e. The standard InChI is InChI=1S/C16H12FN3O2/c1-9-8-10(17)6-7-13(9)18-16(22)14-11-4-2-3-5-12(11)15(21)20-19-14/h2-8H,1H3,(H,18,22)(H,20,21). The van der Waals surface area contributed by atoms with Crippen molar-refractivity contribution in [1.82, 2.24) is 10.2 Å². The van der Waals surface area contributed by atoms with Crippen LogP contribution in [-0.4, -0.2) is 16.1 Å². The van der Waals surface area contributed by atoms with E-state index in [0.29, 0.717) is 22.0 Å². The first-order valence-corrected chi connectivity index (χ1v) is 6.61. The van der Waals surface area contributed by atoms with Crippen molar-refractivity contribution in [3.8, 4) is 0 Å². The van der Waals surface area contributed by atoms with Crippen molar-refractivity contribution in [3.05, 3.63) is 69.9 Å². The highest BCUT2D eigenvalue weighted by Crippen LogP contribution is 2.18. The van der Waals surface area contributed by atoms with Gasteiger partial charge in [-0.1, -0.05) is 18.2 Å². The van der Waals surface area contributed by atoms with E-state index in [1.54, 1.807) is 31.2 Å². The average molecular weight is 297 g/mol. The number of carbonyl (C=O) groups excluding carboxylic acids is 1. The molecule has 0 atom stereocenters. The van der Waals surface area contributed by atoms with Gasteiger partial charge in [0.2, 0.25) is 0 Å². The molecule has 0 spiro atoms. The average Bonchev–Trinajstić information content (AvgIpc) is 2.50. The van der Waals surface area contributed by atoms with Crippen molar-refractivity contribution in [2.45, 2.75) is 6.92 Å². The Morgan fingerprint density at radius 3 is 2.64 bits per heavy atom. The summed E-state index contributed by atoms with van der Waals surface area (Å²) in [4.78, 5) is 24.1. The number of hydrogen-bond acceptors (Lipinski definition) is 3. The van der Waals surface area contributed by atoms with Gasteiger partial charge in [0.05, 0.1) is 5.39 Å². The Labute approximate surface area is 124 Å². The number of H-pyrrole nitrogens is 1. The molecule has 22 heavy (non-hydrogen) atoms. The fourth-order valence-corrected chi connectivity index (χ4v) is 2.24. The van der Waals surface area contributed by atoms with E-state index in [4.69, 9.17) is 0 Å². The molecule has 3 rings (SSSR count). The summed E-state index contributed by atoms with van der Waals surface area (Å²) in [5.41, 5.74) is 0.842. The summed E-state index contributed by atoms with van der Waals surface area (Å²) in [6.45, 7) is 1.69. The maximum absolute atomic E-state index is 13.1. The number of aromatic amines is 1. The third-order valence-corrected chi connectivity index (χ3v) is 3.35. The van der Waals surface area contributed by atoms with Crippen LogP contribution in [0.4, 0.5) is 10.1 Å². The molecule has 0 aliphatic rings. The van der Waals surface area contributed by atoms with Crippen molar-refractivity contribution < 1.29 is 9.18 Å². The summed E-state index contributed by atoms with van der Waals surface area (Å²) in [5, 5.41) is 9.66. The van der Waals surface area contributed by atoms with E-state index in [1.807, 2.05) is 0 Å². The van der Waals surface area contributed by atoms with Crippen molar-refractivity contribution in [3.63, 3.8) is 0 Å². The zero-order valence-corrected chi connectivity index (χ0v) is 11.7. The Hall–Kier alpha value is -3.02. The van der Waals surface area contributed by atoms with E-state index in [9.17, 15) is 14.0 Å². The van der Waals surface area contributed by atoms with Gasteiger partial charge in [-0.15, -0.1) is 0 Å². The molecule has 2 aromatic carbocycles. The summed E-state index contributed by atoms with van der Waals surface area (Å²) in [5.74, 6) is -0.842. The molecule has 1 amide bonds. The Bertz CT molecular complexity index is 934. The lowest BCUT2D eigenvalue weighted by atomic mass is 10.1. The van der Waals surface area contributed by atoms with Crippen LogP contribution < -0.4 is 10.9 Å². The second-order valence-electron chi connectivity index (χ2n) is 4.86. The molecular formula is C16H12FN3O2. The summed E-state index contributed by atoms with van der Waals surface area (Å²) >= 11 is 0. The molecule has 2 N–H and O–H groups in total. The fourth-order valence-electron chi connectivity index (χ4n) is 2.24. The van der Waals surface area contributed by atoms with E-state index in [-0.39, 0.29) is 17.1 Å². The number of carbonyl (C=O) groups is 1. The second-order valence-corrected chi connectivity index (χ2v) is 4.86. The molecule has 1 aromatic heterocycles. The molecule has 6 heteroatoms. The largest absolute Gasteiger partial charge is 0.320 e. The number of hydrogen-bond donors (Lipinski definition) is 2. The summed E-state index contributed by atoms with van der Waals surface area (Å²) < 4.78 is 13.1. The van der Waals surface area contributed by atoms with Crippen LogP contribution in [0.2, 0.25) is 0 Å². The van der Waals surface area contributed by atoms with E-state index >= 15 is 0 Å². The van der Waals surface area contributed by atoms with Crippen LogP contribution in [0.1, 0.15) is 16.1 Å². The third kappa shape index (κ3) is 2.46. The second kappa shape index (κ2) is 5.40. The van der Waals surface area contributed by atoms with Crippen LogP contribution >= 0.6 is 0 Å². The highest BCUT2D eigenvalue weighted by molar-refractivity contribution is 6.11. The third-order valence-electron chi connectivity index (χ3n) is 3.35. The first-order valence-electron chi connectivity index (χ1n) is 6.61. The molecule has 110 valence electrons. The SMILES string of the molecule is Cc1cc(F)ccc1NC(=O)c1n[nH]c(=O)c2ccccc12. The molecule has 0 saturated heterocycles. The molecule has 0 bridgehead atoms. The zero-order chi connectivity index (χ0) is 15.7. The van der Waals surface area contributed by atoms with Gasteiger partial charge in [-0.25, -0.2) is 9.49 Å². The van der Waals surface area contributed by atoms with E-state index in [0.717, 1.165) is 0 Å². The lowest BCUT2D eigenvalue weighted by Gasteiger charge is -2.09. The van der Waals surface area contributed by atoms with E-state index in [1.165, 1.54) is 18.2 Å². The first-order chi connectivity index (χ1) is 10.6. The Balaban J connectivity index is 2.03. The fraction of sp³-hybridized carbons (Fsp3) is 0.0625. The lowest BCUT2D eigenvalue weighted by Crippen LogP contribution is -2.19. The molecule has 0 fully saturated rings. The lowest BCUT2D eigenvalue weighted by molar-refractivity contribution is 0.102. The van der Waals surface area contributed by atoms with Gasteiger partial charge >= 0.3 is 0 Å². The minimum Gasteiger partial charge on any atom is -0.320 e. The van der Waals surface area contributed by atoms with Crippen molar-refractivity contribution in [2.75, 3.05) is 5.32 Å². The van der Waals surface area contributed by atoms with Crippen LogP contribution in [0.15, 0.2) is 47.3 Å². The van der Waals surface area contributed by atoms with Crippen LogP contribution in [0.5, 0.6) is 0 Å². The zero-order valence-electron chi connectivity index (χ0n) is 11.7. The molecule has 5 nitrogen and oxygen atoms in total. The van der Waals surface area contributed by atoms with Gasteiger partial charge in [0, 0.05) is 11.1 Å². The highest BCUT2D eigenvalue weighted by Gasteiger charge is 2.15. The van der Waals surface area contributed by atoms with Crippen LogP contribution in [-0.2, 0) is 0 Å². The van der Waals surface area contributed by atoms with Gasteiger partial charge in [0.25, 0.3) is 11.5 Å². The van der Waals surface area contributed by atoms with Crippen LogP contribution in [0.3, 0.4) is 0 Å². The monoisotopic (exact) mass is 297 g/mol. The normalized spacial score (nSPS) is 10.6. The maximum atomic E-state index is 13.1. The van der Waals surface area contributed by atoms with Crippen molar-refractivity contribution >= 4 is 22.4 Å². The Morgan fingerprint density at radius 2 is 1.91 bits per heavy atom. The Kier molecular flexibility index (Phi) is 3.42. The first kappa shape index (κ1) is 13.9. The van der Waals surface area contributed by atoms with Gasteiger partial charge < -0.3 is 5.32 Å². The molecule has 1 heterocycles. The van der Waals surface area contributed by atoms with Crippen LogP contribution in [0, 0.1) is 12.7 Å². The molecule has 0 aliphatic heterocycles. The topological polar surface area (TPSA) is 74.8 Å². The minimum atomic E-state index is -0.470. The number of aromatic nitrogens is 2. The Morgan fingerprint density at radius 1 is 1.18 bits per heavy atom. The van der Waals surface area contributed by atoms with Gasteiger partial charge in [-0.2, -0.15) is 5.10 Å². The predicted octanol–water partition coefficient (Wildman–Crippen LogP) is 2.62. The molecule has 0 aliphatic carbocycles. The summed E-state index contributed by atoms with van der Waals surface area (Å²) in [6, 6.07) is 10.8. The van der Waals surface area contributed by atoms with Gasteiger partial charge in [0.15, 0.2) is 5.69 Å². The van der Waals surface area contributed by atoms with Crippen molar-refractivity contribution in [1.29, 1.82) is 0 Å². The highest BCUT2D eigenvalue weighted by atomic mass is 19.1. The molecule has 0 unspecified atom stereocenters. The minimum absolute atomic E-state index is 0.110. The molecule has 0 radical (unpaired) electrons. The van der Waals surface area contributed by atoms with Gasteiger partial charge in [0.1, 0.15) is 5.82 Å². The number of amides is 1. The van der Waals surface area contributed by atoms with Crippen molar-refractivity contribution in [2.24, 2.45) is 0 Å². The smallest absolute Gasteiger partial charge is 0.276 e. The molecular weight excluding hydrogens is 285 g/mol. The number of nitrogens with zero attached hydrogens (tertiary/aromatic N) is 1.